The number of amides is 1. The van der Waals surface area contributed by atoms with Gasteiger partial charge in [0.25, 0.3) is 0 Å². The zero-order valence-electron chi connectivity index (χ0n) is 15.7. The highest BCUT2D eigenvalue weighted by Crippen LogP contribution is 2.28. The molecule has 1 fully saturated rings. The zero-order chi connectivity index (χ0) is 20.4. The number of fused-ring (bicyclic) bond motifs is 1. The molecule has 1 atom stereocenters. The van der Waals surface area contributed by atoms with E-state index in [4.69, 9.17) is 0 Å². The number of carbonyl (C=O) groups is 1. The molecule has 152 valence electrons. The lowest BCUT2D eigenvalue weighted by molar-refractivity contribution is -0.115. The van der Waals surface area contributed by atoms with Crippen LogP contribution < -0.4 is 5.32 Å². The summed E-state index contributed by atoms with van der Waals surface area (Å²) >= 11 is 2.70. The van der Waals surface area contributed by atoms with Gasteiger partial charge in [0.15, 0.2) is 5.13 Å². The first-order chi connectivity index (χ1) is 13.9. The second-order valence-electron chi connectivity index (χ2n) is 6.68. The third-order valence-electron chi connectivity index (χ3n) is 4.60. The number of sulfonamides is 1. The summed E-state index contributed by atoms with van der Waals surface area (Å²) in [5, 5.41) is 3.59. The molecule has 2 aromatic heterocycles. The summed E-state index contributed by atoms with van der Waals surface area (Å²) in [6.45, 7) is 2.90. The van der Waals surface area contributed by atoms with Crippen LogP contribution in [0.15, 0.2) is 52.5 Å². The predicted molar refractivity (Wildman–Crippen MR) is 116 cm³/mol. The minimum atomic E-state index is -3.48. The monoisotopic (exact) mass is 448 g/mol. The fourth-order valence-corrected chi connectivity index (χ4v) is 6.15. The fourth-order valence-electron chi connectivity index (χ4n) is 3.03. The molecule has 1 saturated heterocycles. The van der Waals surface area contributed by atoms with Crippen molar-refractivity contribution in [2.45, 2.75) is 34.9 Å². The van der Waals surface area contributed by atoms with E-state index in [0.29, 0.717) is 23.2 Å². The Morgan fingerprint density at radius 2 is 1.97 bits per heavy atom. The van der Waals surface area contributed by atoms with Crippen molar-refractivity contribution in [2.24, 2.45) is 0 Å². The normalized spacial score (nSPS) is 16.2. The highest BCUT2D eigenvalue weighted by atomic mass is 32.2. The fraction of sp³-hybridized carbons (Fsp3) is 0.316. The van der Waals surface area contributed by atoms with Crippen LogP contribution in [0.1, 0.15) is 19.8 Å². The molecule has 4 rings (SSSR count). The van der Waals surface area contributed by atoms with Gasteiger partial charge in [0.05, 0.1) is 20.5 Å². The van der Waals surface area contributed by atoms with Gasteiger partial charge < -0.3 is 5.32 Å². The maximum absolute atomic E-state index is 12.6. The van der Waals surface area contributed by atoms with Crippen LogP contribution in [0, 0.1) is 0 Å². The molecule has 1 amide bonds. The number of thioether (sulfide) groups is 1. The summed E-state index contributed by atoms with van der Waals surface area (Å²) in [7, 11) is -3.48. The van der Waals surface area contributed by atoms with Gasteiger partial charge in [-0.15, -0.1) is 0 Å². The summed E-state index contributed by atoms with van der Waals surface area (Å²) in [5.74, 6) is -0.176. The number of thiazole rings is 1. The summed E-state index contributed by atoms with van der Waals surface area (Å²) < 4.78 is 27.6. The Labute approximate surface area is 177 Å². The van der Waals surface area contributed by atoms with Gasteiger partial charge in [0.2, 0.25) is 15.9 Å². The van der Waals surface area contributed by atoms with Crippen LogP contribution in [0.5, 0.6) is 0 Å². The van der Waals surface area contributed by atoms with Crippen LogP contribution in [-0.4, -0.2) is 46.9 Å². The maximum atomic E-state index is 12.6. The van der Waals surface area contributed by atoms with Crippen LogP contribution >= 0.6 is 23.1 Å². The van der Waals surface area contributed by atoms with E-state index in [2.05, 4.69) is 15.3 Å². The van der Waals surface area contributed by atoms with Gasteiger partial charge in [-0.05, 0) is 44.0 Å². The molecule has 3 heterocycles. The Morgan fingerprint density at radius 3 is 2.66 bits per heavy atom. The largest absolute Gasteiger partial charge is 0.301 e. The number of hydrogen-bond donors (Lipinski definition) is 1. The Balaban J connectivity index is 1.39. The highest BCUT2D eigenvalue weighted by Gasteiger charge is 2.27. The lowest BCUT2D eigenvalue weighted by Crippen LogP contribution is -2.28. The van der Waals surface area contributed by atoms with Crippen molar-refractivity contribution in [2.75, 3.05) is 18.4 Å². The van der Waals surface area contributed by atoms with Crippen molar-refractivity contribution in [1.29, 1.82) is 0 Å². The zero-order valence-corrected chi connectivity index (χ0v) is 18.2. The number of nitrogens with one attached hydrogen (secondary N) is 1. The van der Waals surface area contributed by atoms with Crippen molar-refractivity contribution < 1.29 is 13.2 Å². The summed E-state index contributed by atoms with van der Waals surface area (Å²) in [6.07, 6.45) is 3.15. The number of nitrogens with zero attached hydrogens (tertiary/aromatic N) is 3. The minimum absolute atomic E-state index is 0.176. The number of rotatable bonds is 6. The van der Waals surface area contributed by atoms with Crippen LogP contribution in [0.2, 0.25) is 0 Å². The summed E-state index contributed by atoms with van der Waals surface area (Å²) in [5.41, 5.74) is 0.851. The molecular weight excluding hydrogens is 428 g/mol. The van der Waals surface area contributed by atoms with E-state index < -0.39 is 15.3 Å². The molecule has 29 heavy (non-hydrogen) atoms. The number of benzene rings is 1. The number of hydrogen-bond acceptors (Lipinski definition) is 7. The molecule has 0 saturated carbocycles. The lowest BCUT2D eigenvalue weighted by atomic mass is 10.3. The first kappa shape index (κ1) is 20.3. The highest BCUT2D eigenvalue weighted by molar-refractivity contribution is 8.00. The summed E-state index contributed by atoms with van der Waals surface area (Å²) in [6, 6.07) is 10.9. The summed E-state index contributed by atoms with van der Waals surface area (Å²) in [4.78, 5) is 21.3. The number of carbonyl (C=O) groups excluding carboxylic acids is 1. The van der Waals surface area contributed by atoms with Crippen LogP contribution in [0.25, 0.3) is 10.2 Å². The lowest BCUT2D eigenvalue weighted by Gasteiger charge is -2.15. The van der Waals surface area contributed by atoms with E-state index in [9.17, 15) is 13.2 Å². The molecular formula is C19H20N4O3S3. The van der Waals surface area contributed by atoms with Gasteiger partial charge in [-0.1, -0.05) is 35.2 Å². The van der Waals surface area contributed by atoms with E-state index in [0.717, 1.165) is 23.1 Å². The first-order valence-corrected chi connectivity index (χ1v) is 12.4. The number of para-hydroxylation sites is 1. The Morgan fingerprint density at radius 1 is 1.21 bits per heavy atom. The third kappa shape index (κ3) is 4.45. The van der Waals surface area contributed by atoms with E-state index >= 15 is 0 Å². The van der Waals surface area contributed by atoms with Gasteiger partial charge in [-0.25, -0.2) is 18.4 Å². The molecule has 1 unspecified atom stereocenters. The van der Waals surface area contributed by atoms with Crippen molar-refractivity contribution in [3.05, 3.63) is 42.6 Å². The minimum Gasteiger partial charge on any atom is -0.301 e. The molecule has 10 heteroatoms. The van der Waals surface area contributed by atoms with Crippen LogP contribution in [0.4, 0.5) is 5.13 Å². The quantitative estimate of drug-likeness (QED) is 0.580. The smallest absolute Gasteiger partial charge is 0.244 e. The molecule has 0 radical (unpaired) electrons. The van der Waals surface area contributed by atoms with Crippen LogP contribution in [0.3, 0.4) is 0 Å². The van der Waals surface area contributed by atoms with E-state index in [1.807, 2.05) is 24.3 Å². The van der Waals surface area contributed by atoms with E-state index in [1.165, 1.54) is 33.6 Å². The van der Waals surface area contributed by atoms with Gasteiger partial charge in [0, 0.05) is 19.3 Å². The number of anilines is 1. The van der Waals surface area contributed by atoms with Gasteiger partial charge in [-0.3, -0.25) is 4.79 Å². The van der Waals surface area contributed by atoms with E-state index in [-0.39, 0.29) is 10.8 Å². The molecule has 3 aromatic rings. The molecule has 1 aliphatic rings. The third-order valence-corrected chi connectivity index (χ3v) is 8.49. The molecule has 0 aliphatic carbocycles. The molecule has 1 aliphatic heterocycles. The Kier molecular flexibility index (Phi) is 5.86. The molecule has 1 aromatic carbocycles. The Hall–Kier alpha value is -2.01. The number of aromatic nitrogens is 2. The van der Waals surface area contributed by atoms with Crippen molar-refractivity contribution in [1.82, 2.24) is 14.3 Å². The average Bonchev–Trinajstić information content (AvgIpc) is 3.38. The van der Waals surface area contributed by atoms with Crippen LogP contribution in [-0.2, 0) is 14.8 Å². The van der Waals surface area contributed by atoms with E-state index in [1.54, 1.807) is 19.1 Å². The SMILES string of the molecule is CC(Sc1ccc(S(=O)(=O)N2CCCC2)cn1)C(=O)Nc1nc2ccccc2s1. The van der Waals surface area contributed by atoms with Gasteiger partial charge in [-0.2, -0.15) is 4.31 Å². The molecule has 0 bridgehead atoms. The standard InChI is InChI=1S/C19H20N4O3S3/c1-13(18(24)22-19-21-15-6-2-3-7-16(15)28-19)27-17-9-8-14(12-20-17)29(25,26)23-10-4-5-11-23/h2-3,6-9,12-13H,4-5,10-11H2,1H3,(H,21,22,24). The molecule has 0 spiro atoms. The molecule has 7 nitrogen and oxygen atoms in total. The van der Waals surface area contributed by atoms with Gasteiger partial charge >= 0.3 is 0 Å². The maximum Gasteiger partial charge on any atom is 0.244 e. The molecule has 1 N–H and O–H groups in total. The Bertz CT molecular complexity index is 1090. The predicted octanol–water partition coefficient (Wildman–Crippen LogP) is 3.60. The van der Waals surface area contributed by atoms with Gasteiger partial charge in [0.1, 0.15) is 4.90 Å². The number of pyridine rings is 1. The average molecular weight is 449 g/mol. The topological polar surface area (TPSA) is 92.3 Å². The van der Waals surface area contributed by atoms with Crippen molar-refractivity contribution in [3.63, 3.8) is 0 Å². The second kappa shape index (κ2) is 8.39. The van der Waals surface area contributed by atoms with Crippen molar-refractivity contribution >= 4 is 54.4 Å². The first-order valence-electron chi connectivity index (χ1n) is 9.23. The van der Waals surface area contributed by atoms with Crippen molar-refractivity contribution in [3.8, 4) is 0 Å². The second-order valence-corrected chi connectivity index (χ2v) is 11.0.